The molecule has 0 bridgehead atoms. The lowest BCUT2D eigenvalue weighted by Crippen LogP contribution is -2.10. The number of H-pyrrole nitrogens is 1. The molecule has 14 heavy (non-hydrogen) atoms. The third-order valence-corrected chi connectivity index (χ3v) is 2.48. The number of halogens is 1. The van der Waals surface area contributed by atoms with E-state index in [1.165, 1.54) is 0 Å². The number of rotatable bonds is 2. The van der Waals surface area contributed by atoms with Gasteiger partial charge in [0.05, 0.1) is 10.3 Å². The molecule has 2 aromatic rings. The standard InChI is InChI=1S/C10H9BrN2O/c1-6(11)10(14)9-7-4-2-3-5-8(7)12-13-9/h2-6H,1H3,(H,12,13). The van der Waals surface area contributed by atoms with Gasteiger partial charge >= 0.3 is 0 Å². The monoisotopic (exact) mass is 252 g/mol. The fourth-order valence-corrected chi connectivity index (χ4v) is 1.56. The maximum Gasteiger partial charge on any atom is 0.196 e. The van der Waals surface area contributed by atoms with Crippen molar-refractivity contribution >= 4 is 32.6 Å². The topological polar surface area (TPSA) is 45.8 Å². The number of Topliss-reactive ketones (excluding diaryl/α,β-unsaturated/α-hetero) is 1. The van der Waals surface area contributed by atoms with Crippen LogP contribution in [0, 0.1) is 0 Å². The van der Waals surface area contributed by atoms with Crippen LogP contribution in [-0.4, -0.2) is 20.8 Å². The smallest absolute Gasteiger partial charge is 0.196 e. The number of hydrogen-bond acceptors (Lipinski definition) is 2. The van der Waals surface area contributed by atoms with Gasteiger partial charge in [0, 0.05) is 5.39 Å². The summed E-state index contributed by atoms with van der Waals surface area (Å²) in [6.45, 7) is 1.80. The molecule has 1 N–H and O–H groups in total. The van der Waals surface area contributed by atoms with E-state index in [4.69, 9.17) is 0 Å². The lowest BCUT2D eigenvalue weighted by molar-refractivity contribution is 0.0992. The number of benzene rings is 1. The molecule has 0 radical (unpaired) electrons. The Hall–Kier alpha value is -1.16. The normalized spacial score (nSPS) is 13.0. The number of carbonyl (C=O) groups excluding carboxylic acids is 1. The van der Waals surface area contributed by atoms with Gasteiger partial charge in [0.25, 0.3) is 0 Å². The van der Waals surface area contributed by atoms with Gasteiger partial charge in [-0.2, -0.15) is 5.10 Å². The number of aromatic amines is 1. The molecule has 0 aliphatic carbocycles. The van der Waals surface area contributed by atoms with Crippen LogP contribution in [-0.2, 0) is 0 Å². The summed E-state index contributed by atoms with van der Waals surface area (Å²) in [7, 11) is 0. The minimum atomic E-state index is -0.200. The SMILES string of the molecule is CC(Br)C(=O)c1n[nH]c2ccccc12. The predicted octanol–water partition coefficient (Wildman–Crippen LogP) is 2.53. The van der Waals surface area contributed by atoms with Crippen molar-refractivity contribution in [1.29, 1.82) is 0 Å². The van der Waals surface area contributed by atoms with Crippen LogP contribution in [0.2, 0.25) is 0 Å². The molecule has 4 heteroatoms. The van der Waals surface area contributed by atoms with Crippen molar-refractivity contribution in [3.8, 4) is 0 Å². The van der Waals surface area contributed by atoms with Crippen LogP contribution in [0.3, 0.4) is 0 Å². The van der Waals surface area contributed by atoms with E-state index in [0.717, 1.165) is 10.9 Å². The Morgan fingerprint density at radius 1 is 1.50 bits per heavy atom. The first-order valence-electron chi connectivity index (χ1n) is 4.31. The molecule has 1 aromatic heterocycles. The number of nitrogens with zero attached hydrogens (tertiary/aromatic N) is 1. The molecule has 72 valence electrons. The summed E-state index contributed by atoms with van der Waals surface area (Å²) < 4.78 is 0. The summed E-state index contributed by atoms with van der Waals surface area (Å²) in [4.78, 5) is 11.5. The van der Waals surface area contributed by atoms with Crippen LogP contribution in [0.4, 0.5) is 0 Å². The Morgan fingerprint density at radius 3 is 2.93 bits per heavy atom. The highest BCUT2D eigenvalue weighted by molar-refractivity contribution is 9.10. The van der Waals surface area contributed by atoms with E-state index in [0.29, 0.717) is 5.69 Å². The molecular formula is C10H9BrN2O. The highest BCUT2D eigenvalue weighted by Gasteiger charge is 2.17. The van der Waals surface area contributed by atoms with Crippen LogP contribution >= 0.6 is 15.9 Å². The predicted molar refractivity (Wildman–Crippen MR) is 58.8 cm³/mol. The zero-order valence-corrected chi connectivity index (χ0v) is 9.21. The Balaban J connectivity index is 2.58. The average molecular weight is 253 g/mol. The van der Waals surface area contributed by atoms with Gasteiger partial charge in [-0.25, -0.2) is 0 Å². The van der Waals surface area contributed by atoms with E-state index in [9.17, 15) is 4.79 Å². The molecular weight excluding hydrogens is 244 g/mol. The maximum atomic E-state index is 11.7. The third-order valence-electron chi connectivity index (χ3n) is 2.07. The Kier molecular flexibility index (Phi) is 2.37. The first-order valence-corrected chi connectivity index (χ1v) is 5.23. The molecule has 2 rings (SSSR count). The van der Waals surface area contributed by atoms with E-state index in [-0.39, 0.29) is 10.6 Å². The first-order chi connectivity index (χ1) is 6.70. The number of ketones is 1. The van der Waals surface area contributed by atoms with Crippen LogP contribution in [0.5, 0.6) is 0 Å². The van der Waals surface area contributed by atoms with Crippen molar-refractivity contribution in [2.45, 2.75) is 11.8 Å². The van der Waals surface area contributed by atoms with Crippen molar-refractivity contribution < 1.29 is 4.79 Å². The van der Waals surface area contributed by atoms with E-state index in [2.05, 4.69) is 26.1 Å². The summed E-state index contributed by atoms with van der Waals surface area (Å²) in [5.41, 5.74) is 1.40. The van der Waals surface area contributed by atoms with Crippen molar-refractivity contribution in [2.75, 3.05) is 0 Å². The number of nitrogens with one attached hydrogen (secondary N) is 1. The highest BCUT2D eigenvalue weighted by Crippen LogP contribution is 2.18. The minimum absolute atomic E-state index is 0.00227. The number of carbonyl (C=O) groups is 1. The molecule has 0 saturated carbocycles. The van der Waals surface area contributed by atoms with E-state index < -0.39 is 0 Å². The van der Waals surface area contributed by atoms with E-state index in [1.54, 1.807) is 6.92 Å². The van der Waals surface area contributed by atoms with Gasteiger partial charge in [-0.15, -0.1) is 0 Å². The summed E-state index contributed by atoms with van der Waals surface area (Å²) in [6.07, 6.45) is 0. The number of para-hydroxylation sites is 1. The summed E-state index contributed by atoms with van der Waals surface area (Å²) in [6, 6.07) is 7.60. The highest BCUT2D eigenvalue weighted by atomic mass is 79.9. The second-order valence-electron chi connectivity index (χ2n) is 3.10. The largest absolute Gasteiger partial charge is 0.291 e. The molecule has 1 unspecified atom stereocenters. The molecule has 0 aliphatic rings. The Bertz CT molecular complexity index is 476. The number of fused-ring (bicyclic) bond motifs is 1. The van der Waals surface area contributed by atoms with Gasteiger partial charge < -0.3 is 0 Å². The number of aromatic nitrogens is 2. The third kappa shape index (κ3) is 1.46. The number of alkyl halides is 1. The van der Waals surface area contributed by atoms with Crippen molar-refractivity contribution in [2.24, 2.45) is 0 Å². The second kappa shape index (κ2) is 3.53. The van der Waals surface area contributed by atoms with Gasteiger partial charge in [0.15, 0.2) is 5.78 Å². The van der Waals surface area contributed by atoms with E-state index >= 15 is 0 Å². The van der Waals surface area contributed by atoms with Crippen molar-refractivity contribution in [1.82, 2.24) is 10.2 Å². The molecule has 1 aromatic carbocycles. The minimum Gasteiger partial charge on any atom is -0.291 e. The van der Waals surface area contributed by atoms with Gasteiger partial charge in [-0.3, -0.25) is 9.89 Å². The van der Waals surface area contributed by atoms with Gasteiger partial charge in [-0.1, -0.05) is 34.1 Å². The zero-order valence-electron chi connectivity index (χ0n) is 7.62. The van der Waals surface area contributed by atoms with Crippen molar-refractivity contribution in [3.05, 3.63) is 30.0 Å². The molecule has 1 heterocycles. The lowest BCUT2D eigenvalue weighted by Gasteiger charge is -1.98. The molecule has 1 atom stereocenters. The Morgan fingerprint density at radius 2 is 2.21 bits per heavy atom. The summed E-state index contributed by atoms with van der Waals surface area (Å²) >= 11 is 3.24. The fourth-order valence-electron chi connectivity index (χ4n) is 1.34. The first kappa shape index (κ1) is 9.40. The van der Waals surface area contributed by atoms with Crippen LogP contribution in [0.1, 0.15) is 17.4 Å². The maximum absolute atomic E-state index is 11.7. The van der Waals surface area contributed by atoms with Crippen molar-refractivity contribution in [3.63, 3.8) is 0 Å². The Labute approximate surface area is 89.6 Å². The van der Waals surface area contributed by atoms with E-state index in [1.807, 2.05) is 24.3 Å². The zero-order chi connectivity index (χ0) is 10.1. The molecule has 0 saturated heterocycles. The van der Waals surface area contributed by atoms with Gasteiger partial charge in [0.2, 0.25) is 0 Å². The van der Waals surface area contributed by atoms with Crippen LogP contribution in [0.15, 0.2) is 24.3 Å². The second-order valence-corrected chi connectivity index (χ2v) is 4.47. The van der Waals surface area contributed by atoms with Gasteiger partial charge in [-0.05, 0) is 13.0 Å². The fraction of sp³-hybridized carbons (Fsp3) is 0.200. The molecule has 0 amide bonds. The summed E-state index contributed by atoms with van der Waals surface area (Å²) in [5, 5.41) is 7.72. The van der Waals surface area contributed by atoms with Crippen LogP contribution < -0.4 is 0 Å². The quantitative estimate of drug-likeness (QED) is 0.660. The molecule has 0 aliphatic heterocycles. The summed E-state index contributed by atoms with van der Waals surface area (Å²) in [5.74, 6) is 0.00227. The molecule has 0 fully saturated rings. The lowest BCUT2D eigenvalue weighted by atomic mass is 10.1. The average Bonchev–Trinajstić information content (AvgIpc) is 2.60. The molecule has 0 spiro atoms. The molecule has 3 nitrogen and oxygen atoms in total. The van der Waals surface area contributed by atoms with Gasteiger partial charge in [0.1, 0.15) is 5.69 Å². The van der Waals surface area contributed by atoms with Crippen LogP contribution in [0.25, 0.3) is 10.9 Å². The number of hydrogen-bond donors (Lipinski definition) is 1.